The maximum atomic E-state index is 12.2. The van der Waals surface area contributed by atoms with Crippen molar-refractivity contribution in [2.24, 2.45) is 0 Å². The molecule has 20 heavy (non-hydrogen) atoms. The molecule has 0 aliphatic carbocycles. The SMILES string of the molecule is CCS(=O)(=O)C1CSCCN1c1ccc(C(C)O)nc1. The summed E-state index contributed by atoms with van der Waals surface area (Å²) in [4.78, 5) is 6.11. The van der Waals surface area contributed by atoms with Gasteiger partial charge in [-0.05, 0) is 19.1 Å². The molecule has 5 nitrogen and oxygen atoms in total. The van der Waals surface area contributed by atoms with Crippen LogP contribution in [-0.2, 0) is 9.84 Å². The summed E-state index contributed by atoms with van der Waals surface area (Å²) in [6, 6.07) is 3.58. The van der Waals surface area contributed by atoms with Crippen LogP contribution in [-0.4, -0.2) is 47.7 Å². The van der Waals surface area contributed by atoms with E-state index in [1.54, 1.807) is 37.9 Å². The van der Waals surface area contributed by atoms with Crippen molar-refractivity contribution in [2.75, 3.05) is 28.7 Å². The van der Waals surface area contributed by atoms with E-state index >= 15 is 0 Å². The standard InChI is InChI=1S/C13H20N2O3S2/c1-3-20(17,18)13-9-19-7-6-15(13)11-4-5-12(10(2)16)14-8-11/h4-5,8,10,13,16H,3,6-7,9H2,1-2H3. The highest BCUT2D eigenvalue weighted by molar-refractivity contribution is 8.01. The number of aliphatic hydroxyl groups excluding tert-OH is 1. The van der Waals surface area contributed by atoms with Crippen molar-refractivity contribution >= 4 is 27.3 Å². The number of thioether (sulfide) groups is 1. The van der Waals surface area contributed by atoms with E-state index in [2.05, 4.69) is 4.98 Å². The molecule has 1 aliphatic heterocycles. The van der Waals surface area contributed by atoms with Gasteiger partial charge in [0.2, 0.25) is 0 Å². The zero-order valence-electron chi connectivity index (χ0n) is 11.7. The van der Waals surface area contributed by atoms with Crippen molar-refractivity contribution in [3.63, 3.8) is 0 Å². The van der Waals surface area contributed by atoms with Gasteiger partial charge in [-0.1, -0.05) is 6.92 Å². The third kappa shape index (κ3) is 3.27. The molecule has 7 heteroatoms. The average molecular weight is 316 g/mol. The number of rotatable bonds is 4. The lowest BCUT2D eigenvalue weighted by molar-refractivity contribution is 0.194. The Labute approximate surface area is 124 Å². The molecule has 2 rings (SSSR count). The van der Waals surface area contributed by atoms with Gasteiger partial charge in [0.1, 0.15) is 5.37 Å². The second kappa shape index (κ2) is 6.32. The first kappa shape index (κ1) is 15.6. The van der Waals surface area contributed by atoms with E-state index in [9.17, 15) is 13.5 Å². The maximum absolute atomic E-state index is 12.2. The second-order valence-electron chi connectivity index (χ2n) is 4.79. The second-order valence-corrected chi connectivity index (χ2v) is 8.39. The van der Waals surface area contributed by atoms with E-state index in [1.807, 2.05) is 11.0 Å². The Morgan fingerprint density at radius 2 is 2.30 bits per heavy atom. The largest absolute Gasteiger partial charge is 0.387 e. The highest BCUT2D eigenvalue weighted by Crippen LogP contribution is 2.27. The topological polar surface area (TPSA) is 70.5 Å². The number of anilines is 1. The van der Waals surface area contributed by atoms with Gasteiger partial charge in [-0.2, -0.15) is 11.8 Å². The summed E-state index contributed by atoms with van der Waals surface area (Å²) in [5.41, 5.74) is 1.40. The van der Waals surface area contributed by atoms with E-state index in [1.165, 1.54) is 0 Å². The average Bonchev–Trinajstić information content (AvgIpc) is 2.47. The van der Waals surface area contributed by atoms with Crippen molar-refractivity contribution in [1.29, 1.82) is 0 Å². The predicted molar refractivity (Wildman–Crippen MR) is 82.8 cm³/mol. The molecule has 0 bridgehead atoms. The van der Waals surface area contributed by atoms with Crippen molar-refractivity contribution in [1.82, 2.24) is 4.98 Å². The van der Waals surface area contributed by atoms with Crippen molar-refractivity contribution in [3.05, 3.63) is 24.0 Å². The molecular weight excluding hydrogens is 296 g/mol. The molecule has 2 atom stereocenters. The van der Waals surface area contributed by atoms with Crippen LogP contribution in [0.25, 0.3) is 0 Å². The van der Waals surface area contributed by atoms with Crippen LogP contribution in [0.4, 0.5) is 5.69 Å². The Bertz CT molecular complexity index is 543. The lowest BCUT2D eigenvalue weighted by atomic mass is 10.2. The van der Waals surface area contributed by atoms with Gasteiger partial charge in [0.25, 0.3) is 0 Å². The summed E-state index contributed by atoms with van der Waals surface area (Å²) in [6.45, 7) is 4.04. The Morgan fingerprint density at radius 3 is 2.85 bits per heavy atom. The van der Waals surface area contributed by atoms with Crippen molar-refractivity contribution < 1.29 is 13.5 Å². The number of pyridine rings is 1. The van der Waals surface area contributed by atoms with Gasteiger partial charge in [-0.15, -0.1) is 0 Å². The molecule has 2 heterocycles. The molecule has 0 amide bonds. The van der Waals surface area contributed by atoms with E-state index in [4.69, 9.17) is 0 Å². The Hall–Kier alpha value is -0.790. The Kier molecular flexibility index (Phi) is 4.93. The van der Waals surface area contributed by atoms with Gasteiger partial charge in [0.15, 0.2) is 9.84 Å². The molecule has 0 radical (unpaired) electrons. The number of hydrogen-bond donors (Lipinski definition) is 1. The highest BCUT2D eigenvalue weighted by atomic mass is 32.2. The summed E-state index contributed by atoms with van der Waals surface area (Å²) >= 11 is 1.67. The lowest BCUT2D eigenvalue weighted by Gasteiger charge is -2.36. The third-order valence-corrected chi connectivity index (χ3v) is 6.72. The van der Waals surface area contributed by atoms with Crippen molar-refractivity contribution in [2.45, 2.75) is 25.3 Å². The van der Waals surface area contributed by atoms with Crippen LogP contribution in [0.3, 0.4) is 0 Å². The van der Waals surface area contributed by atoms with Crippen LogP contribution in [0.15, 0.2) is 18.3 Å². The smallest absolute Gasteiger partial charge is 0.171 e. The van der Waals surface area contributed by atoms with Crippen LogP contribution in [0.1, 0.15) is 25.6 Å². The van der Waals surface area contributed by atoms with E-state index in [0.29, 0.717) is 18.0 Å². The molecule has 1 fully saturated rings. The molecule has 1 saturated heterocycles. The fourth-order valence-electron chi connectivity index (χ4n) is 2.18. The Morgan fingerprint density at radius 1 is 1.55 bits per heavy atom. The molecule has 0 spiro atoms. The summed E-state index contributed by atoms with van der Waals surface area (Å²) in [5.74, 6) is 1.65. The van der Waals surface area contributed by atoms with E-state index in [-0.39, 0.29) is 5.75 Å². The van der Waals surface area contributed by atoms with E-state index < -0.39 is 21.3 Å². The first-order valence-corrected chi connectivity index (χ1v) is 9.52. The number of hydrogen-bond acceptors (Lipinski definition) is 6. The van der Waals surface area contributed by atoms with Crippen LogP contribution < -0.4 is 4.90 Å². The number of sulfone groups is 1. The summed E-state index contributed by atoms with van der Waals surface area (Å²) in [7, 11) is -3.12. The van der Waals surface area contributed by atoms with Crippen LogP contribution in [0, 0.1) is 0 Å². The number of aromatic nitrogens is 1. The quantitative estimate of drug-likeness (QED) is 0.906. The maximum Gasteiger partial charge on any atom is 0.171 e. The van der Waals surface area contributed by atoms with Crippen LogP contribution >= 0.6 is 11.8 Å². The number of aliphatic hydroxyl groups is 1. The molecule has 0 aromatic carbocycles. The van der Waals surface area contributed by atoms with Crippen LogP contribution in [0.2, 0.25) is 0 Å². The minimum absolute atomic E-state index is 0.147. The zero-order chi connectivity index (χ0) is 14.8. The molecule has 0 saturated carbocycles. The lowest BCUT2D eigenvalue weighted by Crippen LogP contribution is -2.48. The summed E-state index contributed by atoms with van der Waals surface area (Å²) in [5, 5.41) is 8.99. The van der Waals surface area contributed by atoms with E-state index in [0.717, 1.165) is 11.4 Å². The van der Waals surface area contributed by atoms with Gasteiger partial charge in [0.05, 0.1) is 23.7 Å². The summed E-state index contributed by atoms with van der Waals surface area (Å²) < 4.78 is 24.4. The molecule has 1 aromatic heterocycles. The Balaban J connectivity index is 2.28. The molecular formula is C13H20N2O3S2. The number of nitrogens with zero attached hydrogens (tertiary/aromatic N) is 2. The summed E-state index contributed by atoms with van der Waals surface area (Å²) in [6.07, 6.45) is 1.03. The molecule has 2 unspecified atom stereocenters. The molecule has 1 N–H and O–H groups in total. The zero-order valence-corrected chi connectivity index (χ0v) is 13.3. The van der Waals surface area contributed by atoms with Gasteiger partial charge in [-0.3, -0.25) is 4.98 Å². The molecule has 112 valence electrons. The van der Waals surface area contributed by atoms with Crippen molar-refractivity contribution in [3.8, 4) is 0 Å². The predicted octanol–water partition coefficient (Wildman–Crippen LogP) is 1.45. The first-order chi connectivity index (χ1) is 9.45. The van der Waals surface area contributed by atoms with Crippen LogP contribution in [0.5, 0.6) is 0 Å². The van der Waals surface area contributed by atoms with Gasteiger partial charge in [-0.25, -0.2) is 8.42 Å². The minimum Gasteiger partial charge on any atom is -0.387 e. The van der Waals surface area contributed by atoms with Gasteiger partial charge >= 0.3 is 0 Å². The van der Waals surface area contributed by atoms with Gasteiger partial charge < -0.3 is 10.0 Å². The molecule has 1 aromatic rings. The first-order valence-electron chi connectivity index (χ1n) is 6.65. The fraction of sp³-hybridized carbons (Fsp3) is 0.615. The third-order valence-electron chi connectivity index (χ3n) is 3.43. The molecule has 1 aliphatic rings. The normalized spacial score (nSPS) is 21.8. The monoisotopic (exact) mass is 316 g/mol. The highest BCUT2D eigenvalue weighted by Gasteiger charge is 2.33. The minimum atomic E-state index is -3.12. The fourth-order valence-corrected chi connectivity index (χ4v) is 5.17. The van der Waals surface area contributed by atoms with Gasteiger partial charge in [0, 0.05) is 23.8 Å².